The van der Waals surface area contributed by atoms with Gasteiger partial charge in [0.25, 0.3) is 0 Å². The molecule has 2 atom stereocenters. The molecule has 2 fully saturated rings. The van der Waals surface area contributed by atoms with Crippen LogP contribution in [0.4, 0.5) is 0 Å². The molecule has 2 aliphatic rings. The van der Waals surface area contributed by atoms with Crippen LogP contribution < -0.4 is 5.32 Å². The fraction of sp³-hybridized carbons (Fsp3) is 0.800. The highest BCUT2D eigenvalue weighted by atomic mass is 32.1. The van der Waals surface area contributed by atoms with Crippen molar-refractivity contribution in [2.24, 2.45) is 11.8 Å². The van der Waals surface area contributed by atoms with E-state index in [9.17, 15) is 0 Å². The summed E-state index contributed by atoms with van der Waals surface area (Å²) in [5, 5.41) is 7.20. The van der Waals surface area contributed by atoms with Crippen molar-refractivity contribution in [1.82, 2.24) is 10.3 Å². The van der Waals surface area contributed by atoms with Crippen LogP contribution in [0.3, 0.4) is 0 Å². The lowest BCUT2D eigenvalue weighted by Crippen LogP contribution is -2.32. The Morgan fingerprint density at radius 2 is 2.00 bits per heavy atom. The summed E-state index contributed by atoms with van der Waals surface area (Å²) in [5.74, 6) is 1.76. The zero-order chi connectivity index (χ0) is 12.4. The third kappa shape index (κ3) is 3.33. The van der Waals surface area contributed by atoms with Gasteiger partial charge in [0, 0.05) is 11.4 Å². The standard InChI is InChI=1S/C15H24N2S/c1-11-17-15(10-18-11)8-12-4-2-3-5-13(12)9-16-14-6-7-14/h10,12-14,16H,2-9H2,1H3. The normalized spacial score (nSPS) is 28.5. The topological polar surface area (TPSA) is 24.9 Å². The van der Waals surface area contributed by atoms with Crippen molar-refractivity contribution in [1.29, 1.82) is 0 Å². The van der Waals surface area contributed by atoms with Crippen LogP contribution >= 0.6 is 11.3 Å². The Labute approximate surface area is 114 Å². The first-order chi connectivity index (χ1) is 8.81. The first-order valence-electron chi connectivity index (χ1n) is 7.45. The van der Waals surface area contributed by atoms with Crippen molar-refractivity contribution in [2.75, 3.05) is 6.54 Å². The Balaban J connectivity index is 1.56. The van der Waals surface area contributed by atoms with E-state index in [1.807, 2.05) is 0 Å². The van der Waals surface area contributed by atoms with Crippen LogP contribution in [0.2, 0.25) is 0 Å². The maximum Gasteiger partial charge on any atom is 0.0897 e. The molecule has 0 bridgehead atoms. The minimum atomic E-state index is 0.856. The summed E-state index contributed by atoms with van der Waals surface area (Å²) in [6.45, 7) is 3.36. The zero-order valence-electron chi connectivity index (χ0n) is 11.3. The summed E-state index contributed by atoms with van der Waals surface area (Å²) in [4.78, 5) is 4.64. The average Bonchev–Trinajstić information content (AvgIpc) is 3.12. The largest absolute Gasteiger partial charge is 0.314 e. The molecular weight excluding hydrogens is 240 g/mol. The monoisotopic (exact) mass is 264 g/mol. The Bertz CT molecular complexity index is 384. The minimum absolute atomic E-state index is 0.856. The molecule has 1 aromatic rings. The number of hydrogen-bond acceptors (Lipinski definition) is 3. The third-order valence-electron chi connectivity index (χ3n) is 4.45. The van der Waals surface area contributed by atoms with Crippen LogP contribution in [-0.4, -0.2) is 17.6 Å². The molecule has 2 unspecified atom stereocenters. The van der Waals surface area contributed by atoms with E-state index in [2.05, 4.69) is 22.6 Å². The van der Waals surface area contributed by atoms with E-state index in [1.165, 1.54) is 62.2 Å². The highest BCUT2D eigenvalue weighted by Gasteiger charge is 2.28. The molecule has 1 heterocycles. The number of nitrogens with one attached hydrogen (secondary N) is 1. The summed E-state index contributed by atoms with van der Waals surface area (Å²) in [7, 11) is 0. The molecule has 0 saturated heterocycles. The molecule has 2 saturated carbocycles. The van der Waals surface area contributed by atoms with E-state index in [1.54, 1.807) is 11.3 Å². The summed E-state index contributed by atoms with van der Waals surface area (Å²) in [6.07, 6.45) is 9.71. The van der Waals surface area contributed by atoms with Gasteiger partial charge in [0.05, 0.1) is 10.7 Å². The Morgan fingerprint density at radius 3 is 2.67 bits per heavy atom. The number of nitrogens with zero attached hydrogens (tertiary/aromatic N) is 1. The molecule has 0 aliphatic heterocycles. The van der Waals surface area contributed by atoms with Gasteiger partial charge in [-0.1, -0.05) is 12.8 Å². The predicted molar refractivity (Wildman–Crippen MR) is 77.0 cm³/mol. The van der Waals surface area contributed by atoms with Crippen LogP contribution in [0.25, 0.3) is 0 Å². The lowest BCUT2D eigenvalue weighted by atomic mass is 9.77. The fourth-order valence-electron chi connectivity index (χ4n) is 3.20. The first-order valence-corrected chi connectivity index (χ1v) is 8.33. The van der Waals surface area contributed by atoms with Gasteiger partial charge >= 0.3 is 0 Å². The van der Waals surface area contributed by atoms with Gasteiger partial charge in [-0.2, -0.15) is 0 Å². The van der Waals surface area contributed by atoms with Crippen molar-refractivity contribution in [3.63, 3.8) is 0 Å². The molecule has 0 aromatic carbocycles. The SMILES string of the molecule is Cc1nc(CC2CCCCC2CNC2CC2)cs1. The van der Waals surface area contributed by atoms with E-state index in [-0.39, 0.29) is 0 Å². The smallest absolute Gasteiger partial charge is 0.0897 e. The van der Waals surface area contributed by atoms with Gasteiger partial charge in [0.1, 0.15) is 0 Å². The third-order valence-corrected chi connectivity index (χ3v) is 5.27. The first kappa shape index (κ1) is 12.6. The van der Waals surface area contributed by atoms with Crippen molar-refractivity contribution >= 4 is 11.3 Å². The number of aromatic nitrogens is 1. The maximum absolute atomic E-state index is 4.64. The van der Waals surface area contributed by atoms with Gasteiger partial charge < -0.3 is 5.32 Å². The van der Waals surface area contributed by atoms with E-state index in [4.69, 9.17) is 0 Å². The van der Waals surface area contributed by atoms with Gasteiger partial charge in [-0.15, -0.1) is 11.3 Å². The van der Waals surface area contributed by atoms with Gasteiger partial charge in [-0.05, 0) is 57.4 Å². The summed E-state index contributed by atoms with van der Waals surface area (Å²) in [6, 6.07) is 0.856. The fourth-order valence-corrected chi connectivity index (χ4v) is 3.82. The van der Waals surface area contributed by atoms with E-state index >= 15 is 0 Å². The van der Waals surface area contributed by atoms with Crippen LogP contribution in [-0.2, 0) is 6.42 Å². The van der Waals surface area contributed by atoms with Crippen LogP contribution in [0.15, 0.2) is 5.38 Å². The van der Waals surface area contributed by atoms with Gasteiger partial charge in [-0.3, -0.25) is 0 Å². The van der Waals surface area contributed by atoms with E-state index in [0.717, 1.165) is 17.9 Å². The molecule has 2 aliphatic carbocycles. The molecule has 100 valence electrons. The van der Waals surface area contributed by atoms with Gasteiger partial charge in [0.2, 0.25) is 0 Å². The molecule has 1 aromatic heterocycles. The summed E-state index contributed by atoms with van der Waals surface area (Å²) < 4.78 is 0. The van der Waals surface area contributed by atoms with Crippen molar-refractivity contribution in [3.8, 4) is 0 Å². The molecular formula is C15H24N2S. The van der Waals surface area contributed by atoms with Crippen molar-refractivity contribution in [2.45, 2.75) is 57.9 Å². The van der Waals surface area contributed by atoms with Gasteiger partial charge in [0.15, 0.2) is 0 Å². The lowest BCUT2D eigenvalue weighted by molar-refractivity contribution is 0.227. The Kier molecular flexibility index (Phi) is 4.00. The maximum atomic E-state index is 4.64. The molecule has 0 radical (unpaired) electrons. The molecule has 2 nitrogen and oxygen atoms in total. The Hall–Kier alpha value is -0.410. The number of aryl methyl sites for hydroxylation is 1. The van der Waals surface area contributed by atoms with Crippen LogP contribution in [0, 0.1) is 18.8 Å². The highest BCUT2D eigenvalue weighted by molar-refractivity contribution is 7.09. The quantitative estimate of drug-likeness (QED) is 0.879. The predicted octanol–water partition coefficient (Wildman–Crippen LogP) is 3.55. The number of thiazole rings is 1. The van der Waals surface area contributed by atoms with Crippen LogP contribution in [0.5, 0.6) is 0 Å². The second kappa shape index (κ2) is 5.70. The second-order valence-electron chi connectivity index (χ2n) is 6.05. The highest BCUT2D eigenvalue weighted by Crippen LogP contribution is 2.33. The molecule has 1 N–H and O–H groups in total. The molecule has 0 amide bonds. The lowest BCUT2D eigenvalue weighted by Gasteiger charge is -2.31. The molecule has 0 spiro atoms. The van der Waals surface area contributed by atoms with Crippen molar-refractivity contribution < 1.29 is 0 Å². The number of rotatable bonds is 5. The zero-order valence-corrected chi connectivity index (χ0v) is 12.1. The van der Waals surface area contributed by atoms with E-state index < -0.39 is 0 Å². The summed E-state index contributed by atoms with van der Waals surface area (Å²) in [5.41, 5.74) is 1.33. The minimum Gasteiger partial charge on any atom is -0.314 e. The van der Waals surface area contributed by atoms with E-state index in [0.29, 0.717) is 0 Å². The molecule has 18 heavy (non-hydrogen) atoms. The molecule has 3 rings (SSSR count). The van der Waals surface area contributed by atoms with Crippen LogP contribution in [0.1, 0.15) is 49.2 Å². The van der Waals surface area contributed by atoms with Crippen molar-refractivity contribution in [3.05, 3.63) is 16.1 Å². The molecule has 3 heteroatoms. The van der Waals surface area contributed by atoms with Gasteiger partial charge in [-0.25, -0.2) is 4.98 Å². The number of hydrogen-bond donors (Lipinski definition) is 1. The summed E-state index contributed by atoms with van der Waals surface area (Å²) >= 11 is 1.80. The second-order valence-corrected chi connectivity index (χ2v) is 7.11. The Morgan fingerprint density at radius 1 is 1.22 bits per heavy atom. The average molecular weight is 264 g/mol.